The number of hydrogen-bond donors (Lipinski definition) is 2. The number of ether oxygens (including phenoxy) is 6. The topological polar surface area (TPSA) is 95.8 Å². The minimum Gasteiger partial charge on any atom is -0.394 e. The maximum absolute atomic E-state index is 8.48. The molecule has 27 heavy (non-hydrogen) atoms. The summed E-state index contributed by atoms with van der Waals surface area (Å²) in [5.41, 5.74) is 0. The van der Waals surface area contributed by atoms with Gasteiger partial charge in [0, 0.05) is 5.75 Å². The van der Waals surface area contributed by atoms with Crippen molar-refractivity contribution < 1.29 is 38.6 Å². The van der Waals surface area contributed by atoms with Gasteiger partial charge in [0.05, 0.1) is 92.5 Å². The predicted octanol–water partition coefficient (Wildman–Crippen LogP) is 0.966. The molecule has 0 aromatic rings. The van der Waals surface area contributed by atoms with E-state index in [0.29, 0.717) is 79.3 Å². The highest BCUT2D eigenvalue weighted by Gasteiger charge is 1.93. The largest absolute Gasteiger partial charge is 0.394 e. The van der Waals surface area contributed by atoms with Crippen molar-refractivity contribution in [2.24, 2.45) is 0 Å². The van der Waals surface area contributed by atoms with Gasteiger partial charge in [-0.1, -0.05) is 27.7 Å². The average molecular weight is 431 g/mol. The van der Waals surface area contributed by atoms with Gasteiger partial charge in [-0.2, -0.15) is 0 Å². The Morgan fingerprint density at radius 1 is 0.556 bits per heavy atom. The van der Waals surface area contributed by atoms with Crippen LogP contribution in [0, 0.1) is 0 Å². The number of aliphatic hydroxyl groups excluding tert-OH is 2. The first-order valence-electron chi connectivity index (χ1n) is 9.03. The van der Waals surface area contributed by atoms with E-state index in [2.05, 4.69) is 11.5 Å². The van der Waals surface area contributed by atoms with Crippen LogP contribution in [-0.2, 0) is 28.4 Å². The lowest BCUT2D eigenvalue weighted by atomic mass is 10.7. The lowest BCUT2D eigenvalue weighted by Gasteiger charge is -2.07. The van der Waals surface area contributed by atoms with E-state index in [1.54, 1.807) is 0 Å². The molecule has 1 heterocycles. The summed E-state index contributed by atoms with van der Waals surface area (Å²) in [6.07, 6.45) is 2.16. The van der Waals surface area contributed by atoms with Gasteiger partial charge in [-0.05, 0) is 5.41 Å². The second-order valence-electron chi connectivity index (χ2n) is 4.87. The molecule has 1 aliphatic rings. The highest BCUT2D eigenvalue weighted by molar-refractivity contribution is 8.78. The zero-order valence-corrected chi connectivity index (χ0v) is 17.6. The second kappa shape index (κ2) is 26.1. The minimum absolute atomic E-state index is 0.0334. The molecule has 0 fully saturated rings. The third-order valence-corrected chi connectivity index (χ3v) is 4.63. The summed E-state index contributed by atoms with van der Waals surface area (Å²) in [6.45, 7) is 5.81. The van der Waals surface area contributed by atoms with Crippen LogP contribution in [0.2, 0.25) is 0 Å². The maximum Gasteiger partial charge on any atom is 0.0701 e. The fourth-order valence-corrected chi connectivity index (χ4v) is 3.10. The molecule has 2 N–H and O–H groups in total. The zero-order valence-electron chi connectivity index (χ0n) is 15.9. The Bertz CT molecular complexity index is 272. The lowest BCUT2D eigenvalue weighted by Crippen LogP contribution is -2.14. The first kappa shape index (κ1) is 27.1. The highest BCUT2D eigenvalue weighted by Crippen LogP contribution is 2.27. The first-order valence-corrected chi connectivity index (χ1v) is 11.4. The Balaban J connectivity index is 0.00000115. The van der Waals surface area contributed by atoms with Crippen molar-refractivity contribution in [2.75, 3.05) is 98.2 Å². The molecule has 10 heteroatoms. The van der Waals surface area contributed by atoms with E-state index in [9.17, 15) is 0 Å². The van der Waals surface area contributed by atoms with Gasteiger partial charge in [-0.25, -0.2) is 0 Å². The quantitative estimate of drug-likeness (QED) is 0.228. The van der Waals surface area contributed by atoms with E-state index >= 15 is 0 Å². The van der Waals surface area contributed by atoms with Crippen molar-refractivity contribution in [2.45, 2.75) is 0 Å². The van der Waals surface area contributed by atoms with Crippen LogP contribution in [0.25, 0.3) is 0 Å². The summed E-state index contributed by atoms with van der Waals surface area (Å²) >= 11 is 0. The van der Waals surface area contributed by atoms with Crippen molar-refractivity contribution in [3.05, 3.63) is 11.5 Å². The molecular weight excluding hydrogens is 396 g/mol. The first-order chi connectivity index (χ1) is 13.4. The minimum atomic E-state index is 0.0334. The van der Waals surface area contributed by atoms with Gasteiger partial charge in [-0.15, -0.1) is 0 Å². The summed E-state index contributed by atoms with van der Waals surface area (Å²) in [7, 11) is 3.69. The summed E-state index contributed by atoms with van der Waals surface area (Å²) in [5, 5.41) is 19.1. The van der Waals surface area contributed by atoms with Crippen molar-refractivity contribution in [3.63, 3.8) is 0 Å². The van der Waals surface area contributed by atoms with Gasteiger partial charge in [0.2, 0.25) is 0 Å². The monoisotopic (exact) mass is 430 g/mol. The van der Waals surface area contributed by atoms with E-state index in [1.165, 1.54) is 5.75 Å². The summed E-state index contributed by atoms with van der Waals surface area (Å²) in [5.74, 6) is 1.20. The molecule has 0 amide bonds. The molecule has 1 rings (SSSR count). The van der Waals surface area contributed by atoms with Crippen molar-refractivity contribution in [3.8, 4) is 0 Å². The fraction of sp³-hybridized carbons (Fsp3) is 0.882. The van der Waals surface area contributed by atoms with Crippen LogP contribution < -0.4 is 0 Å². The van der Waals surface area contributed by atoms with E-state index in [0.717, 1.165) is 0 Å². The van der Waals surface area contributed by atoms with E-state index in [4.69, 9.17) is 38.6 Å². The standard InChI is InChI=1S/C14H30O8.C3H4S2/c15-1-3-17-5-7-19-9-11-21-13-14-22-12-10-20-8-6-18-4-2-16;1-2-4-5-3-1/h15-16H,1-14H2;1-2H,3H2. The summed E-state index contributed by atoms with van der Waals surface area (Å²) in [4.78, 5) is 0. The van der Waals surface area contributed by atoms with Crippen LogP contribution in [0.3, 0.4) is 0 Å². The molecule has 0 bridgehead atoms. The van der Waals surface area contributed by atoms with Gasteiger partial charge < -0.3 is 38.6 Å². The molecule has 0 saturated heterocycles. The Labute approximate surface area is 170 Å². The third-order valence-electron chi connectivity index (χ3n) is 2.72. The third kappa shape index (κ3) is 26.1. The normalized spacial score (nSPS) is 13.0. The Hall–Kier alpha value is 0.120. The van der Waals surface area contributed by atoms with Crippen molar-refractivity contribution >= 4 is 21.6 Å². The van der Waals surface area contributed by atoms with Gasteiger partial charge in [-0.3, -0.25) is 0 Å². The molecule has 0 unspecified atom stereocenters. The van der Waals surface area contributed by atoms with Crippen LogP contribution in [0.5, 0.6) is 0 Å². The predicted molar refractivity (Wildman–Crippen MR) is 108 cm³/mol. The van der Waals surface area contributed by atoms with Gasteiger partial charge in [0.1, 0.15) is 0 Å². The van der Waals surface area contributed by atoms with E-state index in [1.807, 2.05) is 21.6 Å². The molecule has 0 radical (unpaired) electrons. The lowest BCUT2D eigenvalue weighted by molar-refractivity contribution is -0.0194. The zero-order chi connectivity index (χ0) is 19.7. The highest BCUT2D eigenvalue weighted by atomic mass is 33.1. The van der Waals surface area contributed by atoms with Crippen molar-refractivity contribution in [1.29, 1.82) is 0 Å². The molecular formula is C17H34O8S2. The molecule has 162 valence electrons. The molecule has 8 nitrogen and oxygen atoms in total. The Kier molecular flexibility index (Phi) is 26.2. The van der Waals surface area contributed by atoms with Crippen LogP contribution >= 0.6 is 21.6 Å². The second-order valence-corrected chi connectivity index (χ2v) is 7.19. The SMILES string of the molecule is C1=CSSC1.OCCOCCOCCOCCOCCOCCOCCO. The summed E-state index contributed by atoms with van der Waals surface area (Å²) < 4.78 is 31.2. The molecule has 0 atom stereocenters. The van der Waals surface area contributed by atoms with E-state index < -0.39 is 0 Å². The number of hydrogen-bond acceptors (Lipinski definition) is 10. The smallest absolute Gasteiger partial charge is 0.0701 e. The molecule has 0 saturated carbocycles. The molecule has 0 aromatic carbocycles. The molecule has 1 aliphatic heterocycles. The van der Waals surface area contributed by atoms with Crippen LogP contribution in [0.1, 0.15) is 0 Å². The Morgan fingerprint density at radius 3 is 1.07 bits per heavy atom. The maximum atomic E-state index is 8.48. The molecule has 0 aliphatic carbocycles. The molecule has 0 aromatic heterocycles. The van der Waals surface area contributed by atoms with Gasteiger partial charge in [0.15, 0.2) is 0 Å². The fourth-order valence-electron chi connectivity index (χ4n) is 1.53. The van der Waals surface area contributed by atoms with E-state index in [-0.39, 0.29) is 13.2 Å². The van der Waals surface area contributed by atoms with Gasteiger partial charge >= 0.3 is 0 Å². The van der Waals surface area contributed by atoms with Crippen LogP contribution in [0.4, 0.5) is 0 Å². The van der Waals surface area contributed by atoms with Gasteiger partial charge in [0.25, 0.3) is 0 Å². The Morgan fingerprint density at radius 2 is 0.889 bits per heavy atom. The van der Waals surface area contributed by atoms with Crippen LogP contribution in [-0.4, -0.2) is 108 Å². The van der Waals surface area contributed by atoms with Crippen LogP contribution in [0.15, 0.2) is 11.5 Å². The number of rotatable bonds is 19. The average Bonchev–Trinajstić information content (AvgIpc) is 3.27. The van der Waals surface area contributed by atoms with Crippen molar-refractivity contribution in [1.82, 2.24) is 0 Å². The summed E-state index contributed by atoms with van der Waals surface area (Å²) in [6, 6.07) is 0. The molecule has 0 spiro atoms. The number of aliphatic hydroxyl groups is 2.